The van der Waals surface area contributed by atoms with Gasteiger partial charge in [-0.1, -0.05) is 172 Å². The molecule has 6 unspecified atom stereocenters. The van der Waals surface area contributed by atoms with Crippen molar-refractivity contribution in [3.8, 4) is 5.75 Å². The van der Waals surface area contributed by atoms with Crippen molar-refractivity contribution in [1.29, 1.82) is 5.41 Å². The highest BCUT2D eigenvalue weighted by molar-refractivity contribution is 5.95. The molecule has 2 aromatic rings. The summed E-state index contributed by atoms with van der Waals surface area (Å²) in [6, 6.07) is 18.5. The van der Waals surface area contributed by atoms with Gasteiger partial charge in [-0.05, 0) is 90.0 Å². The van der Waals surface area contributed by atoms with Crippen LogP contribution in [0.1, 0.15) is 49.1 Å². The first-order chi connectivity index (χ1) is 26.9. The Morgan fingerprint density at radius 2 is 1.62 bits per heavy atom. The minimum atomic E-state index is -0.209. The summed E-state index contributed by atoms with van der Waals surface area (Å²) < 4.78 is 6.10. The molecule has 3 aliphatic carbocycles. The molecule has 0 radical (unpaired) electrons. The van der Waals surface area contributed by atoms with E-state index < -0.39 is 0 Å². The maximum Gasteiger partial charge on any atom is 0.133 e. The molecule has 4 N–H and O–H groups in total. The fourth-order valence-electron chi connectivity index (χ4n) is 7.51. The van der Waals surface area contributed by atoms with Crippen LogP contribution in [0, 0.1) is 29.1 Å². The lowest BCUT2D eigenvalue weighted by atomic mass is 9.77. The zero-order valence-corrected chi connectivity index (χ0v) is 31.9. The van der Waals surface area contributed by atoms with Gasteiger partial charge in [0.15, 0.2) is 0 Å². The number of hydrogen-bond donors (Lipinski definition) is 3. The second-order valence-corrected chi connectivity index (χ2v) is 14.7. The molecule has 1 aliphatic heterocycles. The summed E-state index contributed by atoms with van der Waals surface area (Å²) in [6.45, 7) is 13.9. The first kappa shape index (κ1) is 39.0. The van der Waals surface area contributed by atoms with Gasteiger partial charge in [-0.2, -0.15) is 0 Å². The van der Waals surface area contributed by atoms with E-state index in [1.54, 1.807) is 0 Å². The van der Waals surface area contributed by atoms with Gasteiger partial charge < -0.3 is 15.8 Å². The Kier molecular flexibility index (Phi) is 13.9. The quantitative estimate of drug-likeness (QED) is 0.103. The number of para-hydroxylation sites is 1. The third-order valence-corrected chi connectivity index (χ3v) is 10.9. The van der Waals surface area contributed by atoms with E-state index in [9.17, 15) is 0 Å². The molecular formula is C51H55N3O. The summed E-state index contributed by atoms with van der Waals surface area (Å²) >= 11 is 0. The molecule has 0 saturated heterocycles. The second-order valence-electron chi connectivity index (χ2n) is 14.7. The zero-order valence-electron chi connectivity index (χ0n) is 31.9. The number of nitrogens with two attached hydrogens (primary N) is 1. The molecular weight excluding hydrogens is 671 g/mol. The summed E-state index contributed by atoms with van der Waals surface area (Å²) in [7, 11) is 0. The molecule has 4 heteroatoms. The van der Waals surface area contributed by atoms with Crippen molar-refractivity contribution in [2.75, 3.05) is 6.54 Å². The molecule has 4 nitrogen and oxygen atoms in total. The number of hydrogen-bond acceptors (Lipinski definition) is 3. The van der Waals surface area contributed by atoms with E-state index in [2.05, 4.69) is 165 Å². The summed E-state index contributed by atoms with van der Waals surface area (Å²) in [4.78, 5) is 0. The Bertz CT molecular complexity index is 2030. The van der Waals surface area contributed by atoms with Crippen LogP contribution in [0.5, 0.6) is 5.75 Å². The van der Waals surface area contributed by atoms with Crippen LogP contribution in [0.15, 0.2) is 206 Å². The summed E-state index contributed by atoms with van der Waals surface area (Å²) in [6.07, 6.45) is 43.0. The SMILES string of the molecule is C=C(CCC(=C)/C1=C\Oc2ccccc2/C=C/CC1)C(=N)NC(/C=C/C1C=CC=C(C(=C)C2C=CC=CC2CN)C1)/C=C/C1C=CC=CC1c1ccccc1. The molecule has 0 bridgehead atoms. The first-order valence-corrected chi connectivity index (χ1v) is 19.6. The molecule has 4 aliphatic rings. The Morgan fingerprint density at radius 3 is 2.47 bits per heavy atom. The van der Waals surface area contributed by atoms with E-state index in [1.807, 2.05) is 24.5 Å². The summed E-state index contributed by atoms with van der Waals surface area (Å²) in [5, 5.41) is 12.6. The van der Waals surface area contributed by atoms with Gasteiger partial charge in [0.25, 0.3) is 0 Å². The van der Waals surface area contributed by atoms with Crippen LogP contribution in [-0.2, 0) is 0 Å². The van der Waals surface area contributed by atoms with E-state index in [0.717, 1.165) is 52.9 Å². The van der Waals surface area contributed by atoms with Crippen LogP contribution in [0.4, 0.5) is 0 Å². The van der Waals surface area contributed by atoms with Crippen LogP contribution in [-0.4, -0.2) is 18.4 Å². The van der Waals surface area contributed by atoms with Crippen molar-refractivity contribution >= 4 is 11.9 Å². The van der Waals surface area contributed by atoms with Crippen molar-refractivity contribution in [3.63, 3.8) is 0 Å². The van der Waals surface area contributed by atoms with E-state index in [1.165, 1.54) is 11.1 Å². The molecule has 1 heterocycles. The maximum absolute atomic E-state index is 9.11. The monoisotopic (exact) mass is 725 g/mol. The molecule has 6 rings (SSSR count). The smallest absolute Gasteiger partial charge is 0.133 e. The Morgan fingerprint density at radius 1 is 0.855 bits per heavy atom. The van der Waals surface area contributed by atoms with Crippen LogP contribution in [0.25, 0.3) is 6.08 Å². The molecule has 0 spiro atoms. The molecule has 280 valence electrons. The molecule has 55 heavy (non-hydrogen) atoms. The lowest BCUT2D eigenvalue weighted by Gasteiger charge is -2.28. The van der Waals surface area contributed by atoms with E-state index in [4.69, 9.17) is 15.9 Å². The van der Waals surface area contributed by atoms with Gasteiger partial charge in [0, 0.05) is 23.3 Å². The Balaban J connectivity index is 1.13. The summed E-state index contributed by atoms with van der Waals surface area (Å²) in [5.41, 5.74) is 13.7. The third-order valence-electron chi connectivity index (χ3n) is 10.9. The topological polar surface area (TPSA) is 71.1 Å². The lowest BCUT2D eigenvalue weighted by Crippen LogP contribution is -2.32. The van der Waals surface area contributed by atoms with E-state index in [0.29, 0.717) is 25.2 Å². The standard InChI is InChI=1S/C51H55N3O/c1-37(46-23-8-7-20-43-21-11-14-27-50(43)55-36-46)28-29-38(2)51(53)54-47(33-31-42-19-9-13-26-49(42)41-17-5-4-6-18-41)32-30-40-16-15-24-44(34-40)39(3)48-25-12-10-22-45(48)35-52/h4-7,9-22,24-27,30-33,36,40,42,45,47-49H,1-3,8,23,28-29,34-35,52H2,(H2,53,54)/b20-7+,32-30+,33-31+,46-36-. The van der Waals surface area contributed by atoms with Crippen LogP contribution in [0.3, 0.4) is 0 Å². The minimum absolute atomic E-state index is 0.191. The van der Waals surface area contributed by atoms with Gasteiger partial charge in [-0.25, -0.2) is 0 Å². The number of nitrogens with one attached hydrogen (secondary N) is 2. The van der Waals surface area contributed by atoms with Gasteiger partial charge in [0.05, 0.1) is 12.3 Å². The Hall–Kier alpha value is -5.71. The number of rotatable bonds is 14. The lowest BCUT2D eigenvalue weighted by molar-refractivity contribution is 0.473. The molecule has 2 aromatic carbocycles. The predicted molar refractivity (Wildman–Crippen MR) is 234 cm³/mol. The largest absolute Gasteiger partial charge is 0.464 e. The van der Waals surface area contributed by atoms with Crippen LogP contribution in [0.2, 0.25) is 0 Å². The van der Waals surface area contributed by atoms with Crippen LogP contribution < -0.4 is 15.8 Å². The van der Waals surface area contributed by atoms with Crippen molar-refractivity contribution < 1.29 is 4.74 Å². The number of amidine groups is 1. The van der Waals surface area contributed by atoms with Crippen molar-refractivity contribution in [1.82, 2.24) is 5.32 Å². The van der Waals surface area contributed by atoms with Gasteiger partial charge in [0.2, 0.25) is 0 Å². The predicted octanol–water partition coefficient (Wildman–Crippen LogP) is 11.6. The van der Waals surface area contributed by atoms with Gasteiger partial charge >= 0.3 is 0 Å². The van der Waals surface area contributed by atoms with Gasteiger partial charge in [-0.3, -0.25) is 5.41 Å². The number of ether oxygens (including phenoxy) is 1. The fraction of sp³-hybridized carbons (Fsp3) is 0.235. The zero-order chi connectivity index (χ0) is 38.4. The van der Waals surface area contributed by atoms with Crippen molar-refractivity contribution in [2.24, 2.45) is 29.4 Å². The van der Waals surface area contributed by atoms with Crippen LogP contribution >= 0.6 is 0 Å². The number of allylic oxidation sites excluding steroid dienone is 17. The number of fused-ring (bicyclic) bond motifs is 1. The molecule has 6 atom stereocenters. The van der Waals surface area contributed by atoms with Gasteiger partial charge in [0.1, 0.15) is 11.6 Å². The number of benzene rings is 2. The highest BCUT2D eigenvalue weighted by Crippen LogP contribution is 2.35. The van der Waals surface area contributed by atoms with E-state index >= 15 is 0 Å². The average molecular weight is 726 g/mol. The highest BCUT2D eigenvalue weighted by atomic mass is 16.5. The van der Waals surface area contributed by atoms with Crippen molar-refractivity contribution in [3.05, 3.63) is 217 Å². The maximum atomic E-state index is 9.11. The highest BCUT2D eigenvalue weighted by Gasteiger charge is 2.24. The summed E-state index contributed by atoms with van der Waals surface area (Å²) in [5.74, 6) is 2.28. The van der Waals surface area contributed by atoms with Gasteiger partial charge in [-0.15, -0.1) is 0 Å². The first-order valence-electron chi connectivity index (χ1n) is 19.6. The third kappa shape index (κ3) is 10.7. The average Bonchev–Trinajstić information content (AvgIpc) is 3.34. The molecule has 0 saturated carbocycles. The second kappa shape index (κ2) is 19.6. The minimum Gasteiger partial charge on any atom is -0.464 e. The molecule has 0 amide bonds. The fourth-order valence-corrected chi connectivity index (χ4v) is 7.51. The van der Waals surface area contributed by atoms with E-state index in [-0.39, 0.29) is 35.6 Å². The normalized spacial score (nSPS) is 25.1. The molecule has 0 fully saturated rings. The Labute approximate surface area is 328 Å². The molecule has 0 aromatic heterocycles. The van der Waals surface area contributed by atoms with Crippen molar-refractivity contribution in [2.45, 2.75) is 44.1 Å².